The van der Waals surface area contributed by atoms with Crippen LogP contribution in [0.2, 0.25) is 10.0 Å². The van der Waals surface area contributed by atoms with Crippen molar-refractivity contribution in [1.29, 1.82) is 0 Å². The second-order valence-corrected chi connectivity index (χ2v) is 2.41. The highest BCUT2D eigenvalue weighted by Gasteiger charge is 2.00. The van der Waals surface area contributed by atoms with Gasteiger partial charge in [0, 0.05) is 0 Å². The molecule has 4 heteroatoms. The summed E-state index contributed by atoms with van der Waals surface area (Å²) in [5, 5.41) is 0.736. The first-order valence-corrected chi connectivity index (χ1v) is 3.18. The van der Waals surface area contributed by atoms with Crippen LogP contribution >= 0.6 is 23.2 Å². The van der Waals surface area contributed by atoms with Crippen LogP contribution in [0.15, 0.2) is 12.3 Å². The van der Waals surface area contributed by atoms with E-state index in [2.05, 4.69) is 9.83 Å². The summed E-state index contributed by atoms with van der Waals surface area (Å²) in [4.78, 5) is 6.74. The SMILES string of the molecule is [C-]#[N+]c1ncc(Cl)cc1Cl. The molecule has 1 rings (SSSR count). The second-order valence-electron chi connectivity index (χ2n) is 1.57. The molecule has 0 saturated carbocycles. The summed E-state index contributed by atoms with van der Waals surface area (Å²) in [6.07, 6.45) is 1.39. The molecule has 1 aromatic heterocycles. The quantitative estimate of drug-likeness (QED) is 0.551. The molecule has 1 aromatic rings. The smallest absolute Gasteiger partial charge is 0.288 e. The van der Waals surface area contributed by atoms with Crippen LogP contribution in [0.5, 0.6) is 0 Å². The highest BCUT2D eigenvalue weighted by Crippen LogP contribution is 2.24. The van der Waals surface area contributed by atoms with Crippen molar-refractivity contribution in [2.75, 3.05) is 0 Å². The minimum Gasteiger partial charge on any atom is -0.359 e. The molecule has 2 nitrogen and oxygen atoms in total. The lowest BCUT2D eigenvalue weighted by Crippen LogP contribution is -1.72. The number of pyridine rings is 1. The highest BCUT2D eigenvalue weighted by atomic mass is 35.5. The van der Waals surface area contributed by atoms with Crippen LogP contribution in [0.25, 0.3) is 4.85 Å². The molecule has 50 valence electrons. The Morgan fingerprint density at radius 3 is 2.70 bits per heavy atom. The second kappa shape index (κ2) is 2.87. The molecule has 0 aliphatic heterocycles. The Bertz CT molecular complexity index is 290. The molecule has 0 spiro atoms. The van der Waals surface area contributed by atoms with Gasteiger partial charge in [0.15, 0.2) is 0 Å². The summed E-state index contributed by atoms with van der Waals surface area (Å²) < 4.78 is 0. The fourth-order valence-electron chi connectivity index (χ4n) is 0.490. The number of nitrogens with zero attached hydrogens (tertiary/aromatic N) is 2. The maximum absolute atomic E-state index is 6.59. The first-order chi connectivity index (χ1) is 4.74. The average Bonchev–Trinajstić information content (AvgIpc) is 1.88. The van der Waals surface area contributed by atoms with Gasteiger partial charge in [0.2, 0.25) is 0 Å². The Balaban J connectivity index is 3.23. The normalized spacial score (nSPS) is 8.90. The third-order valence-corrected chi connectivity index (χ3v) is 1.38. The summed E-state index contributed by atoms with van der Waals surface area (Å²) in [6.45, 7) is 6.59. The maximum Gasteiger partial charge on any atom is 0.288 e. The number of rotatable bonds is 0. The van der Waals surface area contributed by atoms with Crippen LogP contribution < -0.4 is 0 Å². The van der Waals surface area contributed by atoms with Gasteiger partial charge >= 0.3 is 0 Å². The zero-order valence-corrected chi connectivity index (χ0v) is 6.32. The van der Waals surface area contributed by atoms with E-state index in [1.54, 1.807) is 0 Å². The lowest BCUT2D eigenvalue weighted by molar-refractivity contribution is 1.35. The largest absolute Gasteiger partial charge is 0.359 e. The molecular formula is C6H2Cl2N2. The Morgan fingerprint density at radius 1 is 1.50 bits per heavy atom. The summed E-state index contributed by atoms with van der Waals surface area (Å²) in [6, 6.07) is 1.49. The molecule has 0 saturated heterocycles. The standard InChI is InChI=1S/C6H2Cl2N2/c1-9-6-5(8)2-4(7)3-10-6/h2-3H. The van der Waals surface area contributed by atoms with Crippen LogP contribution in [0.1, 0.15) is 0 Å². The van der Waals surface area contributed by atoms with Gasteiger partial charge in [-0.1, -0.05) is 29.8 Å². The van der Waals surface area contributed by atoms with E-state index >= 15 is 0 Å². The zero-order valence-electron chi connectivity index (χ0n) is 4.81. The monoisotopic (exact) mass is 172 g/mol. The van der Waals surface area contributed by atoms with E-state index < -0.39 is 0 Å². The molecule has 0 N–H and O–H groups in total. The fourth-order valence-corrected chi connectivity index (χ4v) is 0.912. The van der Waals surface area contributed by atoms with Gasteiger partial charge < -0.3 is 4.85 Å². The molecule has 0 aromatic carbocycles. The third-order valence-electron chi connectivity index (χ3n) is 0.894. The van der Waals surface area contributed by atoms with E-state index in [-0.39, 0.29) is 5.82 Å². The van der Waals surface area contributed by atoms with Crippen molar-refractivity contribution in [1.82, 2.24) is 4.98 Å². The maximum atomic E-state index is 6.59. The van der Waals surface area contributed by atoms with Gasteiger partial charge in [-0.2, -0.15) is 0 Å². The van der Waals surface area contributed by atoms with E-state index in [0.717, 1.165) is 0 Å². The van der Waals surface area contributed by atoms with Gasteiger partial charge in [-0.3, -0.25) is 0 Å². The molecule has 0 atom stereocenters. The molecule has 10 heavy (non-hydrogen) atoms. The van der Waals surface area contributed by atoms with Crippen LogP contribution in [0, 0.1) is 6.57 Å². The lowest BCUT2D eigenvalue weighted by atomic mass is 10.5. The van der Waals surface area contributed by atoms with Crippen molar-refractivity contribution in [3.63, 3.8) is 0 Å². The van der Waals surface area contributed by atoms with Crippen molar-refractivity contribution >= 4 is 29.0 Å². The summed E-state index contributed by atoms with van der Waals surface area (Å²) in [7, 11) is 0. The first-order valence-electron chi connectivity index (χ1n) is 2.42. The van der Waals surface area contributed by atoms with Crippen LogP contribution in [-0.4, -0.2) is 4.98 Å². The molecular weight excluding hydrogens is 171 g/mol. The van der Waals surface area contributed by atoms with Crippen LogP contribution in [0.4, 0.5) is 5.82 Å². The zero-order chi connectivity index (χ0) is 7.56. The number of halogens is 2. The molecule has 0 aliphatic rings. The van der Waals surface area contributed by atoms with Crippen molar-refractivity contribution in [3.8, 4) is 0 Å². The van der Waals surface area contributed by atoms with Gasteiger partial charge in [0.1, 0.15) is 6.20 Å². The minimum atomic E-state index is 0.186. The minimum absolute atomic E-state index is 0.186. The van der Waals surface area contributed by atoms with E-state index in [1.807, 2.05) is 0 Å². The van der Waals surface area contributed by atoms with E-state index in [1.165, 1.54) is 12.3 Å². The van der Waals surface area contributed by atoms with Crippen molar-refractivity contribution in [2.24, 2.45) is 0 Å². The lowest BCUT2D eigenvalue weighted by Gasteiger charge is -1.90. The number of aromatic nitrogens is 1. The molecule has 0 unspecified atom stereocenters. The van der Waals surface area contributed by atoms with Gasteiger partial charge in [-0.25, -0.2) is 0 Å². The van der Waals surface area contributed by atoms with Gasteiger partial charge in [-0.15, -0.1) is 4.98 Å². The van der Waals surface area contributed by atoms with Gasteiger partial charge in [-0.05, 0) is 6.07 Å². The molecule has 0 amide bonds. The predicted octanol–water partition coefficient (Wildman–Crippen LogP) is 2.94. The molecule has 1 heterocycles. The van der Waals surface area contributed by atoms with Crippen molar-refractivity contribution in [3.05, 3.63) is 33.7 Å². The molecule has 0 radical (unpaired) electrons. The molecule has 0 aliphatic carbocycles. The van der Waals surface area contributed by atoms with E-state index in [9.17, 15) is 0 Å². The molecule has 0 fully saturated rings. The molecule has 0 bridgehead atoms. The van der Waals surface area contributed by atoms with Crippen LogP contribution in [-0.2, 0) is 0 Å². The first kappa shape index (κ1) is 7.33. The fraction of sp³-hybridized carbons (Fsp3) is 0. The van der Waals surface area contributed by atoms with Crippen molar-refractivity contribution < 1.29 is 0 Å². The highest BCUT2D eigenvalue weighted by molar-refractivity contribution is 6.35. The number of hydrogen-bond acceptors (Lipinski definition) is 1. The van der Waals surface area contributed by atoms with Gasteiger partial charge in [0.05, 0.1) is 10.0 Å². The third kappa shape index (κ3) is 1.38. The topological polar surface area (TPSA) is 17.2 Å². The summed E-state index contributed by atoms with van der Waals surface area (Å²) in [5.41, 5.74) is 0. The van der Waals surface area contributed by atoms with Crippen LogP contribution in [0.3, 0.4) is 0 Å². The Hall–Kier alpha value is -0.780. The van der Waals surface area contributed by atoms with E-state index in [0.29, 0.717) is 10.0 Å². The Kier molecular flexibility index (Phi) is 2.10. The summed E-state index contributed by atoms with van der Waals surface area (Å²) in [5.74, 6) is 0.186. The predicted molar refractivity (Wildman–Crippen MR) is 40.5 cm³/mol. The average molecular weight is 173 g/mol. The van der Waals surface area contributed by atoms with Gasteiger partial charge in [0.25, 0.3) is 5.82 Å². The van der Waals surface area contributed by atoms with Crippen molar-refractivity contribution in [2.45, 2.75) is 0 Å². The number of hydrogen-bond donors (Lipinski definition) is 0. The Labute approximate surface area is 68.2 Å². The Morgan fingerprint density at radius 2 is 2.20 bits per heavy atom. The van der Waals surface area contributed by atoms with E-state index in [4.69, 9.17) is 29.8 Å². The summed E-state index contributed by atoms with van der Waals surface area (Å²) >= 11 is 11.1.